The number of rotatable bonds is 5. The second-order valence-electron chi connectivity index (χ2n) is 5.24. The van der Waals surface area contributed by atoms with Crippen LogP contribution in [0.5, 0.6) is 0 Å². The summed E-state index contributed by atoms with van der Waals surface area (Å²) in [6, 6.07) is -0.843. The zero-order valence-electron chi connectivity index (χ0n) is 11.3. The molecule has 1 unspecified atom stereocenters. The van der Waals surface area contributed by atoms with Crippen molar-refractivity contribution in [1.29, 1.82) is 0 Å². The molecule has 1 N–H and O–H groups in total. The number of likely N-dealkylation sites (tertiary alicyclic amines) is 1. The highest BCUT2D eigenvalue weighted by Gasteiger charge is 2.37. The molecule has 1 atom stereocenters. The smallest absolute Gasteiger partial charge is 0.422 e. The maximum Gasteiger partial charge on any atom is 0.422 e. The van der Waals surface area contributed by atoms with E-state index in [0.717, 1.165) is 17.7 Å². The van der Waals surface area contributed by atoms with Crippen LogP contribution in [0.3, 0.4) is 0 Å². The summed E-state index contributed by atoms with van der Waals surface area (Å²) in [6.45, 7) is -1.05. The van der Waals surface area contributed by atoms with E-state index in [0.29, 0.717) is 25.4 Å². The molecule has 1 saturated heterocycles. The van der Waals surface area contributed by atoms with Crippen molar-refractivity contribution in [2.24, 2.45) is 5.92 Å². The van der Waals surface area contributed by atoms with E-state index in [4.69, 9.17) is 4.84 Å². The molecule has 1 heterocycles. The summed E-state index contributed by atoms with van der Waals surface area (Å²) in [5.74, 6) is -0.0705. The first kappa shape index (κ1) is 15.9. The van der Waals surface area contributed by atoms with Gasteiger partial charge in [-0.2, -0.15) is 13.2 Å². The van der Waals surface area contributed by atoms with Crippen LogP contribution in [-0.4, -0.2) is 48.9 Å². The molecule has 2 aliphatic rings. The first-order valence-electron chi connectivity index (χ1n) is 6.78. The van der Waals surface area contributed by atoms with Gasteiger partial charge >= 0.3 is 12.3 Å². The zero-order valence-corrected chi connectivity index (χ0v) is 11.3. The molecule has 1 saturated carbocycles. The summed E-state index contributed by atoms with van der Waals surface area (Å²) < 4.78 is 40.2. The summed E-state index contributed by atoms with van der Waals surface area (Å²) in [4.78, 5) is 29.5. The number of nitrogens with one attached hydrogen (secondary N) is 1. The predicted molar refractivity (Wildman–Crippen MR) is 63.9 cm³/mol. The third-order valence-corrected chi connectivity index (χ3v) is 3.34. The molecule has 0 aromatic carbocycles. The first-order valence-corrected chi connectivity index (χ1v) is 6.78. The van der Waals surface area contributed by atoms with Gasteiger partial charge in [0.15, 0.2) is 6.61 Å². The number of halogens is 3. The molecule has 2 rings (SSSR count). The molecular formula is C12H17F3N2O4. The average molecular weight is 310 g/mol. The Balaban J connectivity index is 1.77. The Bertz CT molecular complexity index is 398. The molecule has 2 amide bonds. The molecule has 2 fully saturated rings. The second kappa shape index (κ2) is 6.50. The van der Waals surface area contributed by atoms with Crippen LogP contribution in [0.15, 0.2) is 0 Å². The van der Waals surface area contributed by atoms with Crippen LogP contribution in [0.1, 0.15) is 25.7 Å². The molecule has 21 heavy (non-hydrogen) atoms. The van der Waals surface area contributed by atoms with Gasteiger partial charge in [0, 0.05) is 6.54 Å². The molecule has 0 bridgehead atoms. The molecule has 1 aliphatic carbocycles. The van der Waals surface area contributed by atoms with Crippen LogP contribution in [0.25, 0.3) is 0 Å². The lowest BCUT2D eigenvalue weighted by Crippen LogP contribution is -2.46. The molecule has 1 aliphatic heterocycles. The van der Waals surface area contributed by atoms with Crippen molar-refractivity contribution < 1.29 is 32.3 Å². The van der Waals surface area contributed by atoms with Crippen molar-refractivity contribution in [2.45, 2.75) is 37.9 Å². The molecule has 9 heteroatoms. The summed E-state index contributed by atoms with van der Waals surface area (Å²) >= 11 is 0. The Labute approximate surface area is 119 Å². The van der Waals surface area contributed by atoms with Gasteiger partial charge in [0.05, 0.1) is 6.61 Å². The topological polar surface area (TPSA) is 67.9 Å². The van der Waals surface area contributed by atoms with Gasteiger partial charge in [0.1, 0.15) is 6.04 Å². The van der Waals surface area contributed by atoms with Crippen LogP contribution < -0.4 is 5.48 Å². The van der Waals surface area contributed by atoms with E-state index >= 15 is 0 Å². The number of hydroxylamine groups is 1. The Morgan fingerprint density at radius 2 is 1.95 bits per heavy atom. The number of carbonyl (C=O) groups is 2. The van der Waals surface area contributed by atoms with Crippen molar-refractivity contribution in [3.63, 3.8) is 0 Å². The largest absolute Gasteiger partial charge is 0.440 e. The maximum atomic E-state index is 12.0. The van der Waals surface area contributed by atoms with Gasteiger partial charge in [-0.3, -0.25) is 14.5 Å². The molecular weight excluding hydrogens is 293 g/mol. The summed E-state index contributed by atoms with van der Waals surface area (Å²) in [6.07, 6.45) is -2.68. The number of nitrogens with zero attached hydrogens (tertiary/aromatic N) is 1. The van der Waals surface area contributed by atoms with Crippen molar-refractivity contribution in [3.8, 4) is 0 Å². The first-order chi connectivity index (χ1) is 9.87. The fourth-order valence-corrected chi connectivity index (χ4v) is 2.07. The van der Waals surface area contributed by atoms with Crippen LogP contribution in [0, 0.1) is 5.92 Å². The van der Waals surface area contributed by atoms with Crippen LogP contribution >= 0.6 is 0 Å². The van der Waals surface area contributed by atoms with Gasteiger partial charge in [-0.25, -0.2) is 10.3 Å². The van der Waals surface area contributed by atoms with E-state index in [1.165, 1.54) is 0 Å². The standard InChI is InChI=1S/C12H17F3N2O4/c13-12(14,15)7-20-11(19)17-5-1-2-9(17)10(18)16-21-6-8-3-4-8/h8-9H,1-7H2,(H,16,18). The van der Waals surface area contributed by atoms with Gasteiger partial charge in [0.25, 0.3) is 5.91 Å². The number of hydrogen-bond acceptors (Lipinski definition) is 4. The molecule has 0 radical (unpaired) electrons. The number of alkyl halides is 3. The minimum Gasteiger partial charge on any atom is -0.440 e. The minimum atomic E-state index is -4.58. The van der Waals surface area contributed by atoms with Crippen LogP contribution in [0.2, 0.25) is 0 Å². The quantitative estimate of drug-likeness (QED) is 0.783. The third-order valence-electron chi connectivity index (χ3n) is 3.34. The van der Waals surface area contributed by atoms with E-state index in [1.54, 1.807) is 0 Å². The zero-order chi connectivity index (χ0) is 15.5. The maximum absolute atomic E-state index is 12.0. The van der Waals surface area contributed by atoms with Crippen LogP contribution in [-0.2, 0) is 14.4 Å². The highest BCUT2D eigenvalue weighted by molar-refractivity contribution is 5.85. The molecule has 6 nitrogen and oxygen atoms in total. The number of hydrogen-bond donors (Lipinski definition) is 1. The average Bonchev–Trinajstić information content (AvgIpc) is 3.08. The van der Waals surface area contributed by atoms with Gasteiger partial charge < -0.3 is 4.74 Å². The minimum absolute atomic E-state index is 0.192. The van der Waals surface area contributed by atoms with Crippen molar-refractivity contribution >= 4 is 12.0 Å². The number of ether oxygens (including phenoxy) is 1. The highest BCUT2D eigenvalue weighted by atomic mass is 19.4. The summed E-state index contributed by atoms with van der Waals surface area (Å²) in [5, 5.41) is 0. The monoisotopic (exact) mass is 310 g/mol. The van der Waals surface area contributed by atoms with E-state index in [-0.39, 0.29) is 6.54 Å². The summed E-state index contributed by atoms with van der Waals surface area (Å²) in [5.41, 5.74) is 2.24. The number of carbonyl (C=O) groups excluding carboxylic acids is 2. The van der Waals surface area contributed by atoms with E-state index < -0.39 is 30.8 Å². The normalized spacial score (nSPS) is 22.2. The molecule has 0 spiro atoms. The van der Waals surface area contributed by atoms with Gasteiger partial charge in [-0.05, 0) is 31.6 Å². The molecule has 0 aromatic rings. The van der Waals surface area contributed by atoms with E-state index in [1.807, 2.05) is 0 Å². The second-order valence-corrected chi connectivity index (χ2v) is 5.24. The van der Waals surface area contributed by atoms with E-state index in [2.05, 4.69) is 10.2 Å². The van der Waals surface area contributed by atoms with Crippen molar-refractivity contribution in [1.82, 2.24) is 10.4 Å². The SMILES string of the molecule is O=C(NOCC1CC1)C1CCCN1C(=O)OCC(F)(F)F. The Morgan fingerprint density at radius 1 is 1.24 bits per heavy atom. The lowest BCUT2D eigenvalue weighted by atomic mass is 10.2. The lowest BCUT2D eigenvalue weighted by molar-refractivity contribution is -0.163. The van der Waals surface area contributed by atoms with E-state index in [9.17, 15) is 22.8 Å². The Morgan fingerprint density at radius 3 is 2.57 bits per heavy atom. The Hall–Kier alpha value is -1.51. The summed E-state index contributed by atoms with van der Waals surface area (Å²) in [7, 11) is 0. The fraction of sp³-hybridized carbons (Fsp3) is 0.833. The lowest BCUT2D eigenvalue weighted by Gasteiger charge is -2.23. The Kier molecular flexibility index (Phi) is 4.92. The highest BCUT2D eigenvalue weighted by Crippen LogP contribution is 2.28. The predicted octanol–water partition coefficient (Wildman–Crippen LogP) is 1.61. The van der Waals surface area contributed by atoms with Crippen LogP contribution in [0.4, 0.5) is 18.0 Å². The fourth-order valence-electron chi connectivity index (χ4n) is 2.07. The van der Waals surface area contributed by atoms with Gasteiger partial charge in [-0.1, -0.05) is 0 Å². The number of amides is 2. The van der Waals surface area contributed by atoms with Crippen molar-refractivity contribution in [2.75, 3.05) is 19.8 Å². The van der Waals surface area contributed by atoms with Crippen molar-refractivity contribution in [3.05, 3.63) is 0 Å². The third kappa shape index (κ3) is 5.07. The van der Waals surface area contributed by atoms with Gasteiger partial charge in [-0.15, -0.1) is 0 Å². The molecule has 0 aromatic heterocycles. The molecule has 120 valence electrons. The van der Waals surface area contributed by atoms with Gasteiger partial charge in [0.2, 0.25) is 0 Å².